The van der Waals surface area contributed by atoms with E-state index in [1.54, 1.807) is 11.8 Å². The molecule has 2 N–H and O–H groups in total. The van der Waals surface area contributed by atoms with Crippen LogP contribution in [0.4, 0.5) is 5.82 Å². The van der Waals surface area contributed by atoms with E-state index >= 15 is 0 Å². The van der Waals surface area contributed by atoms with Gasteiger partial charge in [-0.3, -0.25) is 9.59 Å². The van der Waals surface area contributed by atoms with Crippen LogP contribution >= 0.6 is 11.8 Å². The molecule has 0 bridgehead atoms. The molecule has 154 valence electrons. The zero-order chi connectivity index (χ0) is 20.9. The van der Waals surface area contributed by atoms with Crippen molar-refractivity contribution in [3.8, 4) is 0 Å². The van der Waals surface area contributed by atoms with Crippen molar-refractivity contribution >= 4 is 23.4 Å². The number of nitrogens with zero attached hydrogens (tertiary/aromatic N) is 1. The molecule has 0 saturated heterocycles. The van der Waals surface area contributed by atoms with E-state index in [4.69, 9.17) is 9.40 Å². The van der Waals surface area contributed by atoms with Crippen LogP contribution in [0.25, 0.3) is 0 Å². The van der Waals surface area contributed by atoms with Gasteiger partial charge in [0.15, 0.2) is 10.9 Å². The Morgan fingerprint density at radius 3 is 2.72 bits per heavy atom. The van der Waals surface area contributed by atoms with Crippen LogP contribution in [0, 0.1) is 12.3 Å². The molecule has 0 radical (unpaired) electrons. The number of nitrogens with one attached hydrogen (secondary N) is 2. The number of aromatic nitrogens is 2. The van der Waals surface area contributed by atoms with Crippen LogP contribution < -0.4 is 10.9 Å². The standard InChI is InChI=1S/C22H27N3O3S/c1-6-12(3)29-21-24-19-18(20(27)25-21)17(15-8-7-11(2)28-15)16-13(23-19)9-22(4,5)10-14(16)26/h7-8,12,17H,6,9-10H2,1-5H3,(H2,23,24,25,27)/t12-,17-/m1/s1. The van der Waals surface area contributed by atoms with Gasteiger partial charge in [-0.1, -0.05) is 39.5 Å². The topological polar surface area (TPSA) is 88.0 Å². The molecule has 0 spiro atoms. The van der Waals surface area contributed by atoms with Gasteiger partial charge in [0, 0.05) is 22.9 Å². The molecule has 29 heavy (non-hydrogen) atoms. The highest BCUT2D eigenvalue weighted by atomic mass is 32.2. The van der Waals surface area contributed by atoms with Gasteiger partial charge in [-0.2, -0.15) is 0 Å². The maximum Gasteiger partial charge on any atom is 0.257 e. The normalized spacial score (nSPS) is 21.4. The molecule has 0 fully saturated rings. The first-order valence-corrected chi connectivity index (χ1v) is 11.0. The molecule has 0 aromatic carbocycles. The first-order valence-electron chi connectivity index (χ1n) is 10.1. The molecule has 2 aliphatic rings. The zero-order valence-corrected chi connectivity index (χ0v) is 18.3. The molecule has 3 heterocycles. The van der Waals surface area contributed by atoms with Crippen LogP contribution in [0.2, 0.25) is 0 Å². The van der Waals surface area contributed by atoms with E-state index in [2.05, 4.69) is 38.0 Å². The minimum atomic E-state index is -0.530. The second kappa shape index (κ2) is 7.20. The van der Waals surface area contributed by atoms with Gasteiger partial charge in [-0.05, 0) is 37.3 Å². The number of carbonyl (C=O) groups is 1. The third-order valence-corrected chi connectivity index (χ3v) is 6.79. The fraction of sp³-hybridized carbons (Fsp3) is 0.500. The summed E-state index contributed by atoms with van der Waals surface area (Å²) in [6.07, 6.45) is 2.16. The number of H-pyrrole nitrogens is 1. The number of aromatic amines is 1. The third-order valence-electron chi connectivity index (χ3n) is 5.63. The van der Waals surface area contributed by atoms with E-state index in [0.717, 1.165) is 24.3 Å². The number of ketones is 1. The summed E-state index contributed by atoms with van der Waals surface area (Å²) in [6.45, 7) is 10.3. The van der Waals surface area contributed by atoms with E-state index in [0.29, 0.717) is 39.5 Å². The Bertz CT molecular complexity index is 1060. The van der Waals surface area contributed by atoms with Gasteiger partial charge >= 0.3 is 0 Å². The Balaban J connectivity index is 1.89. The highest BCUT2D eigenvalue weighted by Gasteiger charge is 2.43. The van der Waals surface area contributed by atoms with Crippen LogP contribution in [-0.4, -0.2) is 21.0 Å². The smallest absolute Gasteiger partial charge is 0.257 e. The molecule has 2 aromatic rings. The molecule has 0 saturated carbocycles. The maximum atomic E-state index is 13.1. The first kappa shape index (κ1) is 20.0. The Labute approximate surface area is 174 Å². The SMILES string of the molecule is CC[C@@H](C)Sc1nc2c(c(=O)[nH]1)[C@H](c1ccc(C)o1)C1=C(CC(C)(C)CC1=O)N2. The van der Waals surface area contributed by atoms with Gasteiger partial charge in [-0.15, -0.1) is 0 Å². The highest BCUT2D eigenvalue weighted by Crippen LogP contribution is 2.48. The summed E-state index contributed by atoms with van der Waals surface area (Å²) in [5.41, 5.74) is 1.59. The number of rotatable bonds is 4. The summed E-state index contributed by atoms with van der Waals surface area (Å²) in [6, 6.07) is 3.72. The second-order valence-corrected chi connectivity index (χ2v) is 10.2. The van der Waals surface area contributed by atoms with Gasteiger partial charge in [0.2, 0.25) is 0 Å². The molecular formula is C22H27N3O3S. The second-order valence-electron chi connectivity index (χ2n) is 8.81. The molecule has 1 aliphatic heterocycles. The van der Waals surface area contributed by atoms with E-state index in [9.17, 15) is 9.59 Å². The summed E-state index contributed by atoms with van der Waals surface area (Å²) in [7, 11) is 0. The number of fused-ring (bicyclic) bond motifs is 1. The van der Waals surface area contributed by atoms with Crippen molar-refractivity contribution in [2.75, 3.05) is 5.32 Å². The first-order chi connectivity index (χ1) is 13.7. The van der Waals surface area contributed by atoms with Gasteiger partial charge in [0.25, 0.3) is 5.56 Å². The van der Waals surface area contributed by atoms with Gasteiger partial charge < -0.3 is 14.7 Å². The van der Waals surface area contributed by atoms with Crippen LogP contribution in [0.1, 0.15) is 70.0 Å². The van der Waals surface area contributed by atoms with Crippen LogP contribution in [0.3, 0.4) is 0 Å². The zero-order valence-electron chi connectivity index (χ0n) is 17.5. The molecular weight excluding hydrogens is 386 g/mol. The monoisotopic (exact) mass is 413 g/mol. The van der Waals surface area contributed by atoms with Gasteiger partial charge in [-0.25, -0.2) is 4.98 Å². The van der Waals surface area contributed by atoms with Crippen molar-refractivity contribution in [1.82, 2.24) is 9.97 Å². The average Bonchev–Trinajstić information content (AvgIpc) is 3.04. The number of thioether (sulfide) groups is 1. The minimum absolute atomic E-state index is 0.0610. The lowest BCUT2D eigenvalue weighted by molar-refractivity contribution is -0.118. The van der Waals surface area contributed by atoms with Crippen LogP contribution in [0.5, 0.6) is 0 Å². The predicted octanol–water partition coefficient (Wildman–Crippen LogP) is 4.76. The van der Waals surface area contributed by atoms with Gasteiger partial charge in [0.1, 0.15) is 17.3 Å². The van der Waals surface area contributed by atoms with Gasteiger partial charge in [0.05, 0.1) is 11.5 Å². The number of furan rings is 1. The fourth-order valence-electron chi connectivity index (χ4n) is 4.12. The van der Waals surface area contributed by atoms with Crippen molar-refractivity contribution in [1.29, 1.82) is 0 Å². The number of hydrogen-bond donors (Lipinski definition) is 2. The largest absolute Gasteiger partial charge is 0.465 e. The number of carbonyl (C=O) groups excluding carboxylic acids is 1. The third kappa shape index (κ3) is 3.68. The van der Waals surface area contributed by atoms with E-state index in [1.807, 2.05) is 19.1 Å². The van der Waals surface area contributed by atoms with E-state index in [-0.39, 0.29) is 16.8 Å². The lowest BCUT2D eigenvalue weighted by Crippen LogP contribution is -2.36. The van der Waals surface area contributed by atoms with Crippen molar-refractivity contribution < 1.29 is 9.21 Å². The highest BCUT2D eigenvalue weighted by molar-refractivity contribution is 7.99. The van der Waals surface area contributed by atoms with Crippen LogP contribution in [0.15, 0.2) is 37.8 Å². The molecule has 7 heteroatoms. The summed E-state index contributed by atoms with van der Waals surface area (Å²) in [5, 5.41) is 4.27. The minimum Gasteiger partial charge on any atom is -0.465 e. The molecule has 6 nitrogen and oxygen atoms in total. The van der Waals surface area contributed by atoms with Crippen molar-refractivity contribution in [3.05, 3.63) is 50.8 Å². The number of aryl methyl sites for hydroxylation is 1. The molecule has 2 atom stereocenters. The number of anilines is 1. The summed E-state index contributed by atoms with van der Waals surface area (Å²) in [5.74, 6) is 1.42. The van der Waals surface area contributed by atoms with Crippen molar-refractivity contribution in [2.24, 2.45) is 5.41 Å². The fourth-order valence-corrected chi connectivity index (χ4v) is 4.96. The summed E-state index contributed by atoms with van der Waals surface area (Å²) in [4.78, 5) is 33.9. The molecule has 2 aromatic heterocycles. The Kier molecular flexibility index (Phi) is 4.97. The number of Topliss-reactive ketones (excluding diaryl/α,β-unsaturated/α-hetero) is 1. The molecule has 0 unspecified atom stereocenters. The lowest BCUT2D eigenvalue weighted by Gasteiger charge is -2.37. The predicted molar refractivity (Wildman–Crippen MR) is 114 cm³/mol. The van der Waals surface area contributed by atoms with E-state index in [1.165, 1.54) is 0 Å². The van der Waals surface area contributed by atoms with Crippen molar-refractivity contribution in [2.45, 2.75) is 70.2 Å². The Morgan fingerprint density at radius 2 is 2.07 bits per heavy atom. The quantitative estimate of drug-likeness (QED) is 0.555. The number of allylic oxidation sites excluding steroid dienone is 2. The number of hydrogen-bond acceptors (Lipinski definition) is 6. The average molecular weight is 414 g/mol. The Morgan fingerprint density at radius 1 is 1.31 bits per heavy atom. The lowest BCUT2D eigenvalue weighted by atomic mass is 9.70. The van der Waals surface area contributed by atoms with E-state index < -0.39 is 5.92 Å². The molecule has 0 amide bonds. The van der Waals surface area contributed by atoms with Crippen LogP contribution in [-0.2, 0) is 4.79 Å². The molecule has 4 rings (SSSR count). The van der Waals surface area contributed by atoms with Crippen molar-refractivity contribution in [3.63, 3.8) is 0 Å². The molecule has 1 aliphatic carbocycles. The summed E-state index contributed by atoms with van der Waals surface area (Å²) >= 11 is 1.55. The summed E-state index contributed by atoms with van der Waals surface area (Å²) < 4.78 is 5.90. The Hall–Kier alpha value is -2.28. The maximum absolute atomic E-state index is 13.1.